The quantitative estimate of drug-likeness (QED) is 0.191. The van der Waals surface area contributed by atoms with Gasteiger partial charge in [0.15, 0.2) is 5.96 Å². The van der Waals surface area contributed by atoms with Crippen molar-refractivity contribution in [1.82, 2.24) is 15.5 Å². The van der Waals surface area contributed by atoms with Crippen molar-refractivity contribution >= 4 is 47.6 Å². The Kier molecular flexibility index (Phi) is 16.1. The zero-order chi connectivity index (χ0) is 19.9. The van der Waals surface area contributed by atoms with Gasteiger partial charge in [0.25, 0.3) is 0 Å². The SMILES string of the molecule is COc1ccc(CN=C(NCCCCCCSC)NCC(=O)N(C)C)cc1.I. The fourth-order valence-corrected chi connectivity index (χ4v) is 2.82. The first-order chi connectivity index (χ1) is 13.1. The van der Waals surface area contributed by atoms with Gasteiger partial charge >= 0.3 is 0 Å². The Morgan fingerprint density at radius 3 is 2.39 bits per heavy atom. The Morgan fingerprint density at radius 1 is 1.11 bits per heavy atom. The molecular weight excluding hydrogens is 487 g/mol. The van der Waals surface area contributed by atoms with E-state index in [9.17, 15) is 4.79 Å². The lowest BCUT2D eigenvalue weighted by molar-refractivity contribution is -0.127. The number of carbonyl (C=O) groups excluding carboxylic acids is 1. The van der Waals surface area contributed by atoms with E-state index in [0.717, 1.165) is 24.3 Å². The maximum Gasteiger partial charge on any atom is 0.241 e. The molecule has 0 bridgehead atoms. The van der Waals surface area contributed by atoms with Crippen LogP contribution in [0.3, 0.4) is 0 Å². The van der Waals surface area contributed by atoms with Gasteiger partial charge in [-0.2, -0.15) is 11.8 Å². The number of methoxy groups -OCH3 is 1. The molecule has 1 aromatic carbocycles. The maximum absolute atomic E-state index is 11.8. The van der Waals surface area contributed by atoms with Crippen molar-refractivity contribution in [3.05, 3.63) is 29.8 Å². The lowest BCUT2D eigenvalue weighted by atomic mass is 10.2. The molecule has 0 saturated heterocycles. The third kappa shape index (κ3) is 12.3. The lowest BCUT2D eigenvalue weighted by Gasteiger charge is -2.15. The summed E-state index contributed by atoms with van der Waals surface area (Å²) in [5.41, 5.74) is 1.09. The highest BCUT2D eigenvalue weighted by molar-refractivity contribution is 14.0. The Hall–Kier alpha value is -1.16. The largest absolute Gasteiger partial charge is 0.497 e. The highest BCUT2D eigenvalue weighted by atomic mass is 127. The van der Waals surface area contributed by atoms with Gasteiger partial charge in [0, 0.05) is 20.6 Å². The number of halogens is 1. The average molecular weight is 522 g/mol. The number of unbranched alkanes of at least 4 members (excludes halogenated alkanes) is 3. The van der Waals surface area contributed by atoms with E-state index < -0.39 is 0 Å². The van der Waals surface area contributed by atoms with E-state index in [1.165, 1.54) is 25.0 Å². The van der Waals surface area contributed by atoms with Crippen LogP contribution in [-0.2, 0) is 11.3 Å². The van der Waals surface area contributed by atoms with E-state index in [1.54, 1.807) is 26.1 Å². The van der Waals surface area contributed by atoms with Crippen LogP contribution >= 0.6 is 35.7 Å². The van der Waals surface area contributed by atoms with Crippen LogP contribution in [0.25, 0.3) is 0 Å². The summed E-state index contributed by atoms with van der Waals surface area (Å²) in [6.45, 7) is 1.63. The van der Waals surface area contributed by atoms with Gasteiger partial charge in [-0.25, -0.2) is 4.99 Å². The van der Waals surface area contributed by atoms with E-state index in [1.807, 2.05) is 36.0 Å². The minimum Gasteiger partial charge on any atom is -0.497 e. The molecule has 0 aliphatic rings. The Bertz CT molecular complexity index is 568. The third-order valence-electron chi connectivity index (χ3n) is 4.05. The predicted molar refractivity (Wildman–Crippen MR) is 131 cm³/mol. The summed E-state index contributed by atoms with van der Waals surface area (Å²) in [5.74, 6) is 2.75. The molecule has 1 aromatic rings. The number of rotatable bonds is 12. The van der Waals surface area contributed by atoms with Crippen molar-refractivity contribution in [2.45, 2.75) is 32.2 Å². The summed E-state index contributed by atoms with van der Waals surface area (Å²) < 4.78 is 5.18. The second-order valence-corrected chi connectivity index (χ2v) is 7.47. The number of hydrogen-bond donors (Lipinski definition) is 2. The molecule has 0 aliphatic heterocycles. The lowest BCUT2D eigenvalue weighted by Crippen LogP contribution is -2.43. The monoisotopic (exact) mass is 522 g/mol. The molecule has 0 saturated carbocycles. The van der Waals surface area contributed by atoms with Crippen molar-refractivity contribution in [2.75, 3.05) is 46.3 Å². The molecule has 8 heteroatoms. The Labute approximate surface area is 191 Å². The smallest absolute Gasteiger partial charge is 0.241 e. The minimum absolute atomic E-state index is 0. The third-order valence-corrected chi connectivity index (χ3v) is 4.75. The van der Waals surface area contributed by atoms with Gasteiger partial charge in [0.2, 0.25) is 5.91 Å². The zero-order valence-corrected chi connectivity index (χ0v) is 20.6. The summed E-state index contributed by atoms with van der Waals surface area (Å²) in [5, 5.41) is 6.46. The van der Waals surface area contributed by atoms with E-state index in [2.05, 4.69) is 21.9 Å². The molecule has 0 heterocycles. The molecule has 1 amide bonds. The van der Waals surface area contributed by atoms with Gasteiger partial charge in [0.1, 0.15) is 5.75 Å². The van der Waals surface area contributed by atoms with Crippen molar-refractivity contribution in [3.8, 4) is 5.75 Å². The average Bonchev–Trinajstić information content (AvgIpc) is 2.68. The van der Waals surface area contributed by atoms with Crippen LogP contribution in [0.15, 0.2) is 29.3 Å². The van der Waals surface area contributed by atoms with E-state index >= 15 is 0 Å². The van der Waals surface area contributed by atoms with Crippen molar-refractivity contribution in [3.63, 3.8) is 0 Å². The number of ether oxygens (including phenoxy) is 1. The molecule has 2 N–H and O–H groups in total. The molecule has 28 heavy (non-hydrogen) atoms. The normalized spacial score (nSPS) is 10.8. The summed E-state index contributed by atoms with van der Waals surface area (Å²) in [6.07, 6.45) is 6.98. The summed E-state index contributed by atoms with van der Waals surface area (Å²) in [6, 6.07) is 7.85. The van der Waals surface area contributed by atoms with Gasteiger partial charge in [-0.3, -0.25) is 4.79 Å². The van der Waals surface area contributed by atoms with Crippen LogP contribution < -0.4 is 15.4 Å². The van der Waals surface area contributed by atoms with Gasteiger partial charge in [-0.15, -0.1) is 24.0 Å². The first-order valence-electron chi connectivity index (χ1n) is 9.41. The van der Waals surface area contributed by atoms with Crippen LogP contribution in [-0.4, -0.2) is 63.1 Å². The van der Waals surface area contributed by atoms with Gasteiger partial charge in [-0.1, -0.05) is 25.0 Å². The summed E-state index contributed by atoms with van der Waals surface area (Å²) >= 11 is 1.90. The standard InChI is InChI=1S/C20H34N4O2S.HI/c1-24(2)19(25)16-23-20(21-13-7-5-6-8-14-27-4)22-15-17-9-11-18(26-3)12-10-17;/h9-12H,5-8,13-16H2,1-4H3,(H2,21,22,23);1H. The molecule has 1 rings (SSSR count). The number of thioether (sulfide) groups is 1. The maximum atomic E-state index is 11.8. The number of nitrogens with zero attached hydrogens (tertiary/aromatic N) is 2. The first kappa shape index (κ1) is 26.8. The fourth-order valence-electron chi connectivity index (χ4n) is 2.32. The number of hydrogen-bond acceptors (Lipinski definition) is 4. The van der Waals surface area contributed by atoms with E-state index in [-0.39, 0.29) is 36.4 Å². The van der Waals surface area contributed by atoms with Crippen LogP contribution in [0.5, 0.6) is 5.75 Å². The van der Waals surface area contributed by atoms with Crippen molar-refractivity contribution < 1.29 is 9.53 Å². The first-order valence-corrected chi connectivity index (χ1v) is 10.8. The molecule has 0 spiro atoms. The number of amides is 1. The van der Waals surface area contributed by atoms with E-state index in [0.29, 0.717) is 12.5 Å². The van der Waals surface area contributed by atoms with Crippen LogP contribution in [0.4, 0.5) is 0 Å². The molecule has 6 nitrogen and oxygen atoms in total. The Balaban J connectivity index is 0.00000729. The molecule has 0 atom stereocenters. The summed E-state index contributed by atoms with van der Waals surface area (Å²) in [7, 11) is 5.16. The van der Waals surface area contributed by atoms with Crippen molar-refractivity contribution in [1.29, 1.82) is 0 Å². The number of carbonyl (C=O) groups is 1. The zero-order valence-electron chi connectivity index (χ0n) is 17.5. The molecule has 0 aliphatic carbocycles. The second-order valence-electron chi connectivity index (χ2n) is 6.49. The fraction of sp³-hybridized carbons (Fsp3) is 0.600. The molecule has 0 unspecified atom stereocenters. The van der Waals surface area contributed by atoms with E-state index in [4.69, 9.17) is 4.74 Å². The van der Waals surface area contributed by atoms with Gasteiger partial charge in [0.05, 0.1) is 20.2 Å². The molecule has 0 aromatic heterocycles. The summed E-state index contributed by atoms with van der Waals surface area (Å²) in [4.78, 5) is 18.0. The minimum atomic E-state index is 0. The molecular formula is C20H35IN4O2S. The molecule has 0 fully saturated rings. The van der Waals surface area contributed by atoms with Gasteiger partial charge < -0.3 is 20.3 Å². The predicted octanol–water partition coefficient (Wildman–Crippen LogP) is 3.36. The second kappa shape index (κ2) is 16.8. The van der Waals surface area contributed by atoms with Crippen LogP contribution in [0, 0.1) is 0 Å². The number of likely N-dealkylation sites (N-methyl/N-ethyl adjacent to an activating group) is 1. The topological polar surface area (TPSA) is 66.0 Å². The van der Waals surface area contributed by atoms with Crippen LogP contribution in [0.1, 0.15) is 31.2 Å². The van der Waals surface area contributed by atoms with Crippen molar-refractivity contribution in [2.24, 2.45) is 4.99 Å². The molecule has 160 valence electrons. The molecule has 0 radical (unpaired) electrons. The number of aliphatic imine (C=N–C) groups is 1. The van der Waals surface area contributed by atoms with Gasteiger partial charge in [-0.05, 0) is 42.5 Å². The highest BCUT2D eigenvalue weighted by Crippen LogP contribution is 2.11. The number of guanidine groups is 1. The van der Waals surface area contributed by atoms with Crippen LogP contribution in [0.2, 0.25) is 0 Å². The Morgan fingerprint density at radius 2 is 1.79 bits per heavy atom. The number of benzene rings is 1. The highest BCUT2D eigenvalue weighted by Gasteiger charge is 2.06. The number of nitrogens with one attached hydrogen (secondary N) is 2.